The summed E-state index contributed by atoms with van der Waals surface area (Å²) in [4.78, 5) is 16.6. The van der Waals surface area contributed by atoms with Crippen LogP contribution in [0.3, 0.4) is 0 Å². The quantitative estimate of drug-likeness (QED) is 0.381. The van der Waals surface area contributed by atoms with Crippen LogP contribution in [0.1, 0.15) is 5.56 Å². The van der Waals surface area contributed by atoms with Crippen molar-refractivity contribution in [1.82, 2.24) is 14.6 Å². The van der Waals surface area contributed by atoms with Crippen LogP contribution in [0.4, 0.5) is 18.9 Å². The fourth-order valence-corrected chi connectivity index (χ4v) is 3.82. The zero-order chi connectivity index (χ0) is 22.0. The van der Waals surface area contributed by atoms with Crippen LogP contribution in [0.5, 0.6) is 0 Å². The number of hydrogen-bond donors (Lipinski definition) is 1. The number of fused-ring (bicyclic) bond motifs is 1. The van der Waals surface area contributed by atoms with E-state index in [-0.39, 0.29) is 16.5 Å². The van der Waals surface area contributed by atoms with Crippen molar-refractivity contribution in [1.29, 1.82) is 0 Å². The van der Waals surface area contributed by atoms with Gasteiger partial charge in [-0.3, -0.25) is 4.79 Å². The van der Waals surface area contributed by atoms with Crippen LogP contribution >= 0.6 is 23.4 Å². The molecule has 0 aliphatic heterocycles. The first-order chi connectivity index (χ1) is 14.8. The minimum atomic E-state index is -4.53. The summed E-state index contributed by atoms with van der Waals surface area (Å²) in [6.45, 7) is 0. The monoisotopic (exact) mass is 462 g/mol. The van der Waals surface area contributed by atoms with Gasteiger partial charge in [-0.25, -0.2) is 9.50 Å². The minimum absolute atomic E-state index is 0.0230. The summed E-state index contributed by atoms with van der Waals surface area (Å²) in [7, 11) is 0. The number of amides is 1. The normalized spacial score (nSPS) is 11.6. The molecule has 2 heterocycles. The van der Waals surface area contributed by atoms with E-state index < -0.39 is 17.6 Å². The number of anilines is 1. The highest BCUT2D eigenvalue weighted by Crippen LogP contribution is 2.34. The number of rotatable bonds is 5. The second kappa shape index (κ2) is 8.60. The number of hydrogen-bond acceptors (Lipinski definition) is 4. The summed E-state index contributed by atoms with van der Waals surface area (Å²) in [6.07, 6.45) is -1.26. The molecule has 158 valence electrons. The lowest BCUT2D eigenvalue weighted by Gasteiger charge is -2.11. The second-order valence-corrected chi connectivity index (χ2v) is 7.86. The van der Waals surface area contributed by atoms with Gasteiger partial charge in [0, 0.05) is 18.0 Å². The lowest BCUT2D eigenvalue weighted by molar-refractivity contribution is -0.137. The Morgan fingerprint density at radius 1 is 1.13 bits per heavy atom. The maximum atomic E-state index is 12.9. The van der Waals surface area contributed by atoms with E-state index in [1.807, 2.05) is 36.4 Å². The molecular weight excluding hydrogens is 449 g/mol. The van der Waals surface area contributed by atoms with Crippen molar-refractivity contribution in [2.75, 3.05) is 11.1 Å². The zero-order valence-electron chi connectivity index (χ0n) is 15.7. The summed E-state index contributed by atoms with van der Waals surface area (Å²) >= 11 is 7.09. The summed E-state index contributed by atoms with van der Waals surface area (Å²) in [5.74, 6) is -0.566. The van der Waals surface area contributed by atoms with Gasteiger partial charge < -0.3 is 5.32 Å². The van der Waals surface area contributed by atoms with Crippen LogP contribution in [0, 0.1) is 0 Å². The van der Waals surface area contributed by atoms with Gasteiger partial charge in [-0.2, -0.15) is 18.3 Å². The van der Waals surface area contributed by atoms with Gasteiger partial charge in [0.05, 0.1) is 33.2 Å². The molecule has 0 saturated carbocycles. The Bertz CT molecular complexity index is 1240. The summed E-state index contributed by atoms with van der Waals surface area (Å²) < 4.78 is 40.4. The highest BCUT2D eigenvalue weighted by atomic mass is 35.5. The van der Waals surface area contributed by atoms with Crippen LogP contribution in [0.2, 0.25) is 5.02 Å². The van der Waals surface area contributed by atoms with E-state index in [0.29, 0.717) is 5.03 Å². The smallest absolute Gasteiger partial charge is 0.324 e. The lowest BCUT2D eigenvalue weighted by atomic mass is 10.1. The molecule has 0 radical (unpaired) electrons. The van der Waals surface area contributed by atoms with Crippen molar-refractivity contribution in [2.45, 2.75) is 11.2 Å². The Kier molecular flexibility index (Phi) is 5.88. The molecule has 1 amide bonds. The number of benzene rings is 2. The highest BCUT2D eigenvalue weighted by molar-refractivity contribution is 8.00. The van der Waals surface area contributed by atoms with Crippen molar-refractivity contribution in [3.8, 4) is 11.3 Å². The molecule has 2 aromatic heterocycles. The Labute approximate surface area is 184 Å². The SMILES string of the molecule is O=C(CSc1nccn2nc(-c3ccccc3)cc12)Nc1cc(C(F)(F)F)ccc1Cl. The first-order valence-electron chi connectivity index (χ1n) is 9.00. The van der Waals surface area contributed by atoms with E-state index in [2.05, 4.69) is 15.4 Å². The second-order valence-electron chi connectivity index (χ2n) is 6.49. The Morgan fingerprint density at radius 2 is 1.90 bits per heavy atom. The predicted octanol–water partition coefficient (Wildman–Crippen LogP) is 5.80. The average Bonchev–Trinajstić information content (AvgIpc) is 3.18. The van der Waals surface area contributed by atoms with Gasteiger partial charge in [0.2, 0.25) is 5.91 Å². The molecule has 0 saturated heterocycles. The van der Waals surface area contributed by atoms with Crippen molar-refractivity contribution >= 4 is 40.5 Å². The third-order valence-electron chi connectivity index (χ3n) is 4.33. The van der Waals surface area contributed by atoms with Crippen molar-refractivity contribution in [2.24, 2.45) is 0 Å². The number of carbonyl (C=O) groups is 1. The third-order valence-corrected chi connectivity index (χ3v) is 5.66. The standard InChI is InChI=1S/C21H14ClF3N4OS/c22-15-7-6-14(21(23,24)25)10-17(15)27-19(30)12-31-20-18-11-16(13-4-2-1-3-5-13)28-29(18)9-8-26-20/h1-11H,12H2,(H,27,30). The molecule has 0 aliphatic rings. The molecule has 5 nitrogen and oxygen atoms in total. The molecule has 2 aromatic carbocycles. The first kappa shape index (κ1) is 21.2. The molecule has 4 aromatic rings. The van der Waals surface area contributed by atoms with Gasteiger partial charge >= 0.3 is 6.18 Å². The Balaban J connectivity index is 1.49. The molecular formula is C21H14ClF3N4OS. The van der Waals surface area contributed by atoms with Crippen molar-refractivity contribution in [3.05, 3.63) is 77.6 Å². The van der Waals surface area contributed by atoms with E-state index in [1.165, 1.54) is 0 Å². The number of nitrogens with one attached hydrogen (secondary N) is 1. The molecule has 0 atom stereocenters. The van der Waals surface area contributed by atoms with Crippen LogP contribution in [0.15, 0.2) is 72.0 Å². The predicted molar refractivity (Wildman–Crippen MR) is 114 cm³/mol. The summed E-state index contributed by atoms with van der Waals surface area (Å²) in [5.41, 5.74) is 1.44. The van der Waals surface area contributed by atoms with Gasteiger partial charge in [-0.15, -0.1) is 0 Å². The number of halogens is 4. The number of alkyl halides is 3. The highest BCUT2D eigenvalue weighted by Gasteiger charge is 2.31. The summed E-state index contributed by atoms with van der Waals surface area (Å²) in [6, 6.07) is 14.3. The molecule has 31 heavy (non-hydrogen) atoms. The van der Waals surface area contributed by atoms with E-state index in [1.54, 1.807) is 16.9 Å². The van der Waals surface area contributed by atoms with Gasteiger partial charge in [0.1, 0.15) is 5.03 Å². The van der Waals surface area contributed by atoms with Crippen LogP contribution < -0.4 is 5.32 Å². The minimum Gasteiger partial charge on any atom is -0.324 e. The number of thioether (sulfide) groups is 1. The molecule has 0 spiro atoms. The van der Waals surface area contributed by atoms with Crippen LogP contribution in [-0.4, -0.2) is 26.3 Å². The van der Waals surface area contributed by atoms with Crippen molar-refractivity contribution < 1.29 is 18.0 Å². The Hall–Kier alpha value is -3.04. The molecule has 4 rings (SSSR count). The van der Waals surface area contributed by atoms with Crippen LogP contribution in [0.25, 0.3) is 16.8 Å². The molecule has 0 bridgehead atoms. The van der Waals surface area contributed by atoms with Gasteiger partial charge in [-0.1, -0.05) is 53.7 Å². The molecule has 1 N–H and O–H groups in total. The van der Waals surface area contributed by atoms with E-state index in [4.69, 9.17) is 11.6 Å². The molecule has 0 fully saturated rings. The fourth-order valence-electron chi connectivity index (χ4n) is 2.88. The largest absolute Gasteiger partial charge is 0.416 e. The maximum absolute atomic E-state index is 12.9. The zero-order valence-corrected chi connectivity index (χ0v) is 17.3. The Morgan fingerprint density at radius 3 is 2.65 bits per heavy atom. The first-order valence-corrected chi connectivity index (χ1v) is 10.4. The number of carbonyl (C=O) groups excluding carboxylic acids is 1. The van der Waals surface area contributed by atoms with Gasteiger partial charge in [-0.05, 0) is 24.3 Å². The molecule has 0 unspecified atom stereocenters. The maximum Gasteiger partial charge on any atom is 0.416 e. The third kappa shape index (κ3) is 4.83. The molecule has 0 aliphatic carbocycles. The fraction of sp³-hybridized carbons (Fsp3) is 0.0952. The molecule has 10 heteroatoms. The van der Waals surface area contributed by atoms with E-state index >= 15 is 0 Å². The average molecular weight is 463 g/mol. The lowest BCUT2D eigenvalue weighted by Crippen LogP contribution is -2.15. The van der Waals surface area contributed by atoms with E-state index in [9.17, 15) is 18.0 Å². The topological polar surface area (TPSA) is 59.3 Å². The number of nitrogens with zero attached hydrogens (tertiary/aromatic N) is 3. The van der Waals surface area contributed by atoms with Gasteiger partial charge in [0.15, 0.2) is 0 Å². The summed E-state index contributed by atoms with van der Waals surface area (Å²) in [5, 5.41) is 7.55. The van der Waals surface area contributed by atoms with E-state index in [0.717, 1.165) is 46.7 Å². The number of aromatic nitrogens is 3. The van der Waals surface area contributed by atoms with Gasteiger partial charge in [0.25, 0.3) is 0 Å². The van der Waals surface area contributed by atoms with Crippen molar-refractivity contribution in [3.63, 3.8) is 0 Å². The van der Waals surface area contributed by atoms with Crippen LogP contribution in [-0.2, 0) is 11.0 Å².